The lowest BCUT2D eigenvalue weighted by Crippen LogP contribution is -2.46. The van der Waals surface area contributed by atoms with Crippen LogP contribution in [0.1, 0.15) is 5.56 Å². The Kier molecular flexibility index (Phi) is 4.49. The maximum atomic E-state index is 11.3. The molecule has 122 valence electrons. The Bertz CT molecular complexity index is 765. The number of pyridine rings is 1. The highest BCUT2D eigenvalue weighted by Gasteiger charge is 2.29. The number of hydrogen-bond donors (Lipinski definition) is 0. The molecule has 0 bridgehead atoms. The average molecular weight is 334 g/mol. The van der Waals surface area contributed by atoms with E-state index in [2.05, 4.69) is 4.98 Å². The van der Waals surface area contributed by atoms with Crippen molar-refractivity contribution in [3.63, 3.8) is 0 Å². The number of ether oxygens (including phenoxy) is 1. The van der Waals surface area contributed by atoms with Gasteiger partial charge in [0.1, 0.15) is 6.61 Å². The van der Waals surface area contributed by atoms with E-state index in [0.29, 0.717) is 24.7 Å². The van der Waals surface area contributed by atoms with Crippen molar-refractivity contribution in [1.29, 1.82) is 0 Å². The minimum atomic E-state index is -3.50. The Morgan fingerprint density at radius 1 is 1.26 bits per heavy atom. The highest BCUT2D eigenvalue weighted by atomic mass is 32.2. The van der Waals surface area contributed by atoms with Gasteiger partial charge in [-0.2, -0.15) is 8.42 Å². The Labute approximate surface area is 135 Å². The largest absolute Gasteiger partial charge is 0.487 e. The van der Waals surface area contributed by atoms with Gasteiger partial charge in [-0.15, -0.1) is 0 Å². The summed E-state index contributed by atoms with van der Waals surface area (Å²) in [5.41, 5.74) is 1.11. The van der Waals surface area contributed by atoms with Crippen LogP contribution in [0.25, 0.3) is 0 Å². The lowest BCUT2D eigenvalue weighted by Gasteiger charge is -2.37. The number of rotatable bonds is 5. The molecule has 2 heterocycles. The van der Waals surface area contributed by atoms with E-state index >= 15 is 0 Å². The maximum absolute atomic E-state index is 11.3. The van der Waals surface area contributed by atoms with E-state index in [-0.39, 0.29) is 12.6 Å². The minimum Gasteiger partial charge on any atom is -0.487 e. The lowest BCUT2D eigenvalue weighted by atomic mass is 10.1. The van der Waals surface area contributed by atoms with Gasteiger partial charge in [0.05, 0.1) is 18.9 Å². The van der Waals surface area contributed by atoms with Crippen LogP contribution < -0.4 is 9.64 Å². The zero-order chi connectivity index (χ0) is 16.3. The smallest absolute Gasteiger partial charge is 0.264 e. The fraction of sp³-hybridized carbons (Fsp3) is 0.312. The predicted octanol–water partition coefficient (Wildman–Crippen LogP) is 1.83. The second kappa shape index (κ2) is 6.55. The molecule has 0 saturated heterocycles. The molecule has 0 unspecified atom stereocenters. The van der Waals surface area contributed by atoms with Crippen LogP contribution >= 0.6 is 0 Å². The van der Waals surface area contributed by atoms with Crippen LogP contribution in [0.4, 0.5) is 5.82 Å². The molecule has 1 aromatic carbocycles. The van der Waals surface area contributed by atoms with Crippen molar-refractivity contribution in [2.75, 3.05) is 24.4 Å². The van der Waals surface area contributed by atoms with E-state index in [4.69, 9.17) is 8.92 Å². The second-order valence-electron chi connectivity index (χ2n) is 5.39. The van der Waals surface area contributed by atoms with E-state index < -0.39 is 10.1 Å². The third-order valence-corrected chi connectivity index (χ3v) is 4.13. The molecule has 3 rings (SSSR count). The summed E-state index contributed by atoms with van der Waals surface area (Å²) in [6.07, 6.45) is 2.74. The molecule has 2 aromatic rings. The summed E-state index contributed by atoms with van der Waals surface area (Å²) in [5.74, 6) is 1.39. The van der Waals surface area contributed by atoms with E-state index in [9.17, 15) is 8.42 Å². The molecular weight excluding hydrogens is 316 g/mol. The quantitative estimate of drug-likeness (QED) is 0.777. The molecule has 0 saturated carbocycles. The van der Waals surface area contributed by atoms with Crippen LogP contribution in [0.15, 0.2) is 48.7 Å². The van der Waals surface area contributed by atoms with E-state index in [1.165, 1.54) is 0 Å². The maximum Gasteiger partial charge on any atom is 0.264 e. The van der Waals surface area contributed by atoms with Gasteiger partial charge in [0, 0.05) is 12.7 Å². The number of fused-ring (bicyclic) bond motifs is 1. The SMILES string of the molecule is CS(=O)(=O)OC[C@H]1COc2cccnc2N1Cc1ccccc1. The van der Waals surface area contributed by atoms with E-state index in [1.807, 2.05) is 47.4 Å². The van der Waals surface area contributed by atoms with Crippen LogP contribution in [0.3, 0.4) is 0 Å². The molecule has 0 fully saturated rings. The van der Waals surface area contributed by atoms with Gasteiger partial charge in [-0.3, -0.25) is 4.18 Å². The number of nitrogens with zero attached hydrogens (tertiary/aromatic N) is 2. The van der Waals surface area contributed by atoms with Crippen LogP contribution in [-0.2, 0) is 20.8 Å². The molecule has 6 nitrogen and oxygen atoms in total. The highest BCUT2D eigenvalue weighted by molar-refractivity contribution is 7.85. The van der Waals surface area contributed by atoms with Crippen molar-refractivity contribution in [2.45, 2.75) is 12.6 Å². The zero-order valence-corrected chi connectivity index (χ0v) is 13.6. The van der Waals surface area contributed by atoms with Gasteiger partial charge in [-0.1, -0.05) is 30.3 Å². The van der Waals surface area contributed by atoms with Gasteiger partial charge in [0.15, 0.2) is 11.6 Å². The van der Waals surface area contributed by atoms with Crippen LogP contribution in [0.5, 0.6) is 5.75 Å². The highest BCUT2D eigenvalue weighted by Crippen LogP contribution is 2.32. The third kappa shape index (κ3) is 4.00. The van der Waals surface area contributed by atoms with Gasteiger partial charge in [0.2, 0.25) is 0 Å². The lowest BCUT2D eigenvalue weighted by molar-refractivity contribution is 0.201. The van der Waals surface area contributed by atoms with Gasteiger partial charge in [0.25, 0.3) is 10.1 Å². The Morgan fingerprint density at radius 2 is 2.04 bits per heavy atom. The summed E-state index contributed by atoms with van der Waals surface area (Å²) in [6, 6.07) is 13.4. The van der Waals surface area contributed by atoms with Crippen molar-refractivity contribution in [3.8, 4) is 5.75 Å². The topological polar surface area (TPSA) is 68.7 Å². The standard InChI is InChI=1S/C16H18N2O4S/c1-23(19,20)22-12-14-11-21-15-8-5-9-17-16(15)18(14)10-13-6-3-2-4-7-13/h2-9,14H,10-12H2,1H3/t14-/m1/s1. The number of benzene rings is 1. The van der Waals surface area contributed by atoms with Gasteiger partial charge >= 0.3 is 0 Å². The average Bonchev–Trinajstić information content (AvgIpc) is 2.54. The summed E-state index contributed by atoms with van der Waals surface area (Å²) in [4.78, 5) is 6.41. The molecule has 0 amide bonds. The number of aromatic nitrogens is 1. The van der Waals surface area contributed by atoms with Gasteiger partial charge in [-0.05, 0) is 17.7 Å². The summed E-state index contributed by atoms with van der Waals surface area (Å²) < 4.78 is 33.2. The molecule has 0 spiro atoms. The van der Waals surface area contributed by atoms with Crippen LogP contribution in [0, 0.1) is 0 Å². The summed E-state index contributed by atoms with van der Waals surface area (Å²) in [7, 11) is -3.50. The number of hydrogen-bond acceptors (Lipinski definition) is 6. The molecule has 1 aliphatic heterocycles. The van der Waals surface area contributed by atoms with Crippen LogP contribution in [-0.4, -0.2) is 38.9 Å². The van der Waals surface area contributed by atoms with Crippen molar-refractivity contribution < 1.29 is 17.3 Å². The van der Waals surface area contributed by atoms with E-state index in [0.717, 1.165) is 11.8 Å². The zero-order valence-electron chi connectivity index (χ0n) is 12.8. The molecular formula is C16H18N2O4S. The summed E-state index contributed by atoms with van der Waals surface area (Å²) >= 11 is 0. The molecule has 1 aliphatic rings. The van der Waals surface area contributed by atoms with Crippen molar-refractivity contribution in [1.82, 2.24) is 4.98 Å². The molecule has 0 radical (unpaired) electrons. The first-order chi connectivity index (χ1) is 11.0. The predicted molar refractivity (Wildman–Crippen MR) is 86.9 cm³/mol. The molecule has 23 heavy (non-hydrogen) atoms. The van der Waals surface area contributed by atoms with Gasteiger partial charge < -0.3 is 9.64 Å². The van der Waals surface area contributed by atoms with Crippen molar-refractivity contribution in [3.05, 3.63) is 54.2 Å². The molecule has 1 aromatic heterocycles. The first-order valence-corrected chi connectivity index (χ1v) is 9.07. The van der Waals surface area contributed by atoms with Crippen molar-refractivity contribution >= 4 is 15.9 Å². The third-order valence-electron chi connectivity index (χ3n) is 3.57. The molecule has 1 atom stereocenters. The monoisotopic (exact) mass is 334 g/mol. The Hall–Kier alpha value is -2.12. The molecule has 7 heteroatoms. The Balaban J connectivity index is 1.87. The van der Waals surface area contributed by atoms with Crippen molar-refractivity contribution in [2.24, 2.45) is 0 Å². The van der Waals surface area contributed by atoms with Gasteiger partial charge in [-0.25, -0.2) is 4.98 Å². The molecule has 0 aliphatic carbocycles. The number of anilines is 1. The normalized spacial score (nSPS) is 17.4. The van der Waals surface area contributed by atoms with E-state index in [1.54, 1.807) is 6.20 Å². The molecule has 0 N–H and O–H groups in total. The Morgan fingerprint density at radius 3 is 2.78 bits per heavy atom. The fourth-order valence-corrected chi connectivity index (χ4v) is 2.89. The first-order valence-electron chi connectivity index (χ1n) is 7.26. The first kappa shape index (κ1) is 15.8. The minimum absolute atomic E-state index is 0.0294. The fourth-order valence-electron chi connectivity index (χ4n) is 2.48. The summed E-state index contributed by atoms with van der Waals surface area (Å²) in [6.45, 7) is 0.981. The summed E-state index contributed by atoms with van der Waals surface area (Å²) in [5, 5.41) is 0. The second-order valence-corrected chi connectivity index (χ2v) is 7.04. The van der Waals surface area contributed by atoms with Crippen LogP contribution in [0.2, 0.25) is 0 Å².